The van der Waals surface area contributed by atoms with Crippen molar-refractivity contribution in [2.45, 2.75) is 77.9 Å². The molecule has 8 heteroatoms. The smallest absolute Gasteiger partial charge is 0.419 e. The lowest BCUT2D eigenvalue weighted by Gasteiger charge is -2.21. The van der Waals surface area contributed by atoms with E-state index in [-0.39, 0.29) is 12.5 Å². The van der Waals surface area contributed by atoms with Crippen molar-refractivity contribution in [1.29, 1.82) is 0 Å². The van der Waals surface area contributed by atoms with Gasteiger partial charge >= 0.3 is 12.1 Å². The zero-order valence-corrected chi connectivity index (χ0v) is 17.8. The van der Waals surface area contributed by atoms with Crippen molar-refractivity contribution in [2.24, 2.45) is 5.92 Å². The van der Waals surface area contributed by atoms with E-state index in [1.165, 1.54) is 19.3 Å². The van der Waals surface area contributed by atoms with Gasteiger partial charge in [0.1, 0.15) is 11.9 Å². The van der Waals surface area contributed by atoms with Crippen LogP contribution in [-0.4, -0.2) is 24.5 Å². The number of amides is 1. The topological polar surface area (TPSA) is 55.4 Å². The van der Waals surface area contributed by atoms with Gasteiger partial charge in [-0.3, -0.25) is 4.79 Å². The Morgan fingerprint density at radius 3 is 2.20 bits per heavy atom. The first-order valence-corrected chi connectivity index (χ1v) is 10.4. The van der Waals surface area contributed by atoms with Crippen LogP contribution in [-0.2, 0) is 15.7 Å². The number of esters is 1. The Kier molecular flexibility index (Phi) is 10.8. The number of nitrogens with one attached hydrogen (secondary N) is 1. The molecule has 0 saturated heterocycles. The predicted molar refractivity (Wildman–Crippen MR) is 106 cm³/mol. The molecule has 4 nitrogen and oxygen atoms in total. The van der Waals surface area contributed by atoms with Crippen molar-refractivity contribution >= 4 is 11.9 Å². The molecule has 1 aromatic carbocycles. The Morgan fingerprint density at radius 2 is 1.63 bits per heavy atom. The van der Waals surface area contributed by atoms with Crippen LogP contribution in [0.25, 0.3) is 0 Å². The number of hydrogen-bond donors (Lipinski definition) is 1. The lowest BCUT2D eigenvalue weighted by molar-refractivity contribution is -0.147. The minimum Gasteiger partial charge on any atom is -0.464 e. The molecule has 0 aliphatic carbocycles. The van der Waals surface area contributed by atoms with Crippen LogP contribution in [0.2, 0.25) is 0 Å². The predicted octanol–water partition coefficient (Wildman–Crippen LogP) is 5.89. The van der Waals surface area contributed by atoms with Crippen molar-refractivity contribution in [2.75, 3.05) is 6.61 Å². The SMILES string of the molecule is CCCCCCCCCOC(=O)C(NC(=O)c1cccc(C(F)(F)F)c1F)C(C)C. The Balaban J connectivity index is 2.63. The highest BCUT2D eigenvalue weighted by Crippen LogP contribution is 2.32. The van der Waals surface area contributed by atoms with Crippen LogP contribution in [0.15, 0.2) is 18.2 Å². The lowest BCUT2D eigenvalue weighted by Crippen LogP contribution is -2.45. The fourth-order valence-corrected chi connectivity index (χ4v) is 2.96. The average molecular weight is 433 g/mol. The van der Waals surface area contributed by atoms with Crippen molar-refractivity contribution in [3.8, 4) is 0 Å². The molecule has 1 N–H and O–H groups in total. The van der Waals surface area contributed by atoms with Crippen molar-refractivity contribution < 1.29 is 31.9 Å². The normalized spacial score (nSPS) is 12.7. The lowest BCUT2D eigenvalue weighted by atomic mass is 10.0. The van der Waals surface area contributed by atoms with Crippen molar-refractivity contribution in [3.63, 3.8) is 0 Å². The first-order valence-electron chi connectivity index (χ1n) is 10.4. The summed E-state index contributed by atoms with van der Waals surface area (Å²) in [6, 6.07) is 1.37. The number of hydrogen-bond acceptors (Lipinski definition) is 3. The monoisotopic (exact) mass is 433 g/mol. The molecule has 0 saturated carbocycles. The van der Waals surface area contributed by atoms with Crippen LogP contribution in [0.5, 0.6) is 0 Å². The fraction of sp³-hybridized carbons (Fsp3) is 0.636. The zero-order valence-electron chi connectivity index (χ0n) is 17.8. The van der Waals surface area contributed by atoms with Gasteiger partial charge in [0.15, 0.2) is 0 Å². The number of alkyl halides is 3. The summed E-state index contributed by atoms with van der Waals surface area (Å²) in [6.07, 6.45) is 2.44. The molecule has 1 rings (SSSR count). The van der Waals surface area contributed by atoms with E-state index in [0.717, 1.165) is 31.4 Å². The highest BCUT2D eigenvalue weighted by molar-refractivity contribution is 5.97. The average Bonchev–Trinajstić information content (AvgIpc) is 2.66. The fourth-order valence-electron chi connectivity index (χ4n) is 2.96. The van der Waals surface area contributed by atoms with Gasteiger partial charge in [0.2, 0.25) is 0 Å². The molecule has 0 radical (unpaired) electrons. The first kappa shape index (κ1) is 25.9. The maximum atomic E-state index is 14.2. The van der Waals surface area contributed by atoms with Crippen LogP contribution in [0.1, 0.15) is 81.6 Å². The number of halogens is 4. The van der Waals surface area contributed by atoms with Gasteiger partial charge in [-0.2, -0.15) is 13.2 Å². The van der Waals surface area contributed by atoms with Gasteiger partial charge in [-0.05, 0) is 24.5 Å². The van der Waals surface area contributed by atoms with E-state index >= 15 is 0 Å². The van der Waals surface area contributed by atoms with Crippen molar-refractivity contribution in [1.82, 2.24) is 5.32 Å². The summed E-state index contributed by atoms with van der Waals surface area (Å²) in [6.45, 7) is 5.65. The molecule has 1 unspecified atom stereocenters. The van der Waals surface area contributed by atoms with E-state index in [1.54, 1.807) is 13.8 Å². The van der Waals surface area contributed by atoms with Gasteiger partial charge in [0, 0.05) is 0 Å². The maximum absolute atomic E-state index is 14.2. The molecule has 1 aromatic rings. The quantitative estimate of drug-likeness (QED) is 0.254. The van der Waals surface area contributed by atoms with Gasteiger partial charge in [0.25, 0.3) is 5.91 Å². The van der Waals surface area contributed by atoms with Crippen molar-refractivity contribution in [3.05, 3.63) is 35.1 Å². The summed E-state index contributed by atoms with van der Waals surface area (Å²) >= 11 is 0. The molecular weight excluding hydrogens is 402 g/mol. The van der Waals surface area contributed by atoms with E-state index in [0.29, 0.717) is 12.5 Å². The molecule has 1 atom stereocenters. The summed E-state index contributed by atoms with van der Waals surface area (Å²) in [7, 11) is 0. The molecule has 1 amide bonds. The number of carbonyl (C=O) groups excluding carboxylic acids is 2. The number of unbranched alkanes of at least 4 members (excludes halogenated alkanes) is 6. The first-order chi connectivity index (χ1) is 14.1. The molecule has 0 aliphatic heterocycles. The van der Waals surface area contributed by atoms with Crippen LogP contribution in [0.4, 0.5) is 17.6 Å². The van der Waals surface area contributed by atoms with Gasteiger partial charge in [-0.25, -0.2) is 9.18 Å². The third-order valence-corrected chi connectivity index (χ3v) is 4.75. The molecule has 170 valence electrons. The second-order valence-corrected chi connectivity index (χ2v) is 7.65. The van der Waals surface area contributed by atoms with Gasteiger partial charge in [0.05, 0.1) is 17.7 Å². The minimum absolute atomic E-state index is 0.198. The molecule has 0 spiro atoms. The number of rotatable bonds is 12. The van der Waals surface area contributed by atoms with Crippen LogP contribution in [0.3, 0.4) is 0 Å². The van der Waals surface area contributed by atoms with Crippen LogP contribution in [0, 0.1) is 11.7 Å². The summed E-state index contributed by atoms with van der Waals surface area (Å²) in [5.41, 5.74) is -2.30. The van der Waals surface area contributed by atoms with E-state index in [4.69, 9.17) is 4.74 Å². The number of carbonyl (C=O) groups is 2. The molecule has 0 fully saturated rings. The molecular formula is C22H31F4NO3. The highest BCUT2D eigenvalue weighted by atomic mass is 19.4. The van der Waals surface area contributed by atoms with E-state index < -0.39 is 41.0 Å². The third-order valence-electron chi connectivity index (χ3n) is 4.75. The van der Waals surface area contributed by atoms with E-state index in [2.05, 4.69) is 12.2 Å². The third kappa shape index (κ3) is 8.32. The zero-order chi connectivity index (χ0) is 22.7. The maximum Gasteiger partial charge on any atom is 0.419 e. The van der Waals surface area contributed by atoms with E-state index in [9.17, 15) is 27.2 Å². The Bertz CT molecular complexity index is 689. The Hall–Kier alpha value is -2.12. The van der Waals surface area contributed by atoms with Gasteiger partial charge in [-0.15, -0.1) is 0 Å². The summed E-state index contributed by atoms with van der Waals surface area (Å²) in [5.74, 6) is -3.83. The summed E-state index contributed by atoms with van der Waals surface area (Å²) < 4.78 is 57.9. The van der Waals surface area contributed by atoms with Gasteiger partial charge < -0.3 is 10.1 Å². The van der Waals surface area contributed by atoms with Gasteiger partial charge in [-0.1, -0.05) is 65.4 Å². The summed E-state index contributed by atoms with van der Waals surface area (Å²) in [5, 5.41) is 2.31. The highest BCUT2D eigenvalue weighted by Gasteiger charge is 2.36. The Labute approximate surface area is 175 Å². The standard InChI is InChI=1S/C22H31F4NO3/c1-4-5-6-7-8-9-10-14-30-21(29)19(15(2)3)27-20(28)16-12-11-13-17(18(16)23)22(24,25)26/h11-13,15,19H,4-10,14H2,1-3H3,(H,27,28). The molecule has 30 heavy (non-hydrogen) atoms. The second kappa shape index (κ2) is 12.5. The minimum atomic E-state index is -4.92. The second-order valence-electron chi connectivity index (χ2n) is 7.65. The molecule has 0 heterocycles. The van der Waals surface area contributed by atoms with E-state index in [1.807, 2.05) is 0 Å². The van der Waals surface area contributed by atoms with Crippen LogP contribution >= 0.6 is 0 Å². The Morgan fingerprint density at radius 1 is 1.03 bits per heavy atom. The molecule has 0 aliphatic rings. The molecule has 0 bridgehead atoms. The summed E-state index contributed by atoms with van der Waals surface area (Å²) in [4.78, 5) is 24.7. The van der Waals surface area contributed by atoms with Crippen LogP contribution < -0.4 is 5.32 Å². The number of benzene rings is 1. The largest absolute Gasteiger partial charge is 0.464 e. The number of ether oxygens (including phenoxy) is 1. The molecule has 0 aromatic heterocycles.